The van der Waals surface area contributed by atoms with E-state index >= 15 is 0 Å². The van der Waals surface area contributed by atoms with Crippen LogP contribution in [-0.4, -0.2) is 67.7 Å². The fourth-order valence-electron chi connectivity index (χ4n) is 6.74. The molecule has 6 heteroatoms. The predicted octanol–water partition coefficient (Wildman–Crippen LogP) is 5.30. The molecule has 6 nitrogen and oxygen atoms in total. The van der Waals surface area contributed by atoms with E-state index in [9.17, 15) is 4.79 Å². The number of ketones is 1. The zero-order valence-corrected chi connectivity index (χ0v) is 22.7. The Bertz CT molecular complexity index is 1330. The molecule has 1 N–H and O–H groups in total. The maximum atomic E-state index is 14.0. The Labute approximate surface area is 219 Å². The number of ether oxygens (including phenoxy) is 2. The van der Waals surface area contributed by atoms with Gasteiger partial charge in [0.1, 0.15) is 5.75 Å². The number of aromatic amines is 1. The van der Waals surface area contributed by atoms with E-state index in [1.54, 1.807) is 0 Å². The maximum Gasteiger partial charge on any atom is 0.195 e. The molecule has 0 saturated carbocycles. The molecular formula is C31H39N3O3. The first kappa shape index (κ1) is 24.5. The highest BCUT2D eigenvalue weighted by atomic mass is 16.5. The quantitative estimate of drug-likeness (QED) is 0.514. The highest BCUT2D eigenvalue weighted by Crippen LogP contribution is 2.46. The number of nitrogens with one attached hydrogen (secondary N) is 1. The third kappa shape index (κ3) is 4.05. The number of morpholine rings is 1. The maximum absolute atomic E-state index is 14.0. The van der Waals surface area contributed by atoms with Gasteiger partial charge in [0.25, 0.3) is 0 Å². The summed E-state index contributed by atoms with van der Waals surface area (Å²) in [5, 5.41) is 0.981. The molecule has 0 amide bonds. The number of rotatable bonds is 5. The van der Waals surface area contributed by atoms with Crippen molar-refractivity contribution < 1.29 is 14.3 Å². The number of benzene rings is 2. The van der Waals surface area contributed by atoms with Crippen molar-refractivity contribution in [3.63, 3.8) is 0 Å². The Morgan fingerprint density at radius 2 is 1.81 bits per heavy atom. The van der Waals surface area contributed by atoms with Gasteiger partial charge in [0, 0.05) is 66.0 Å². The molecule has 0 atom stereocenters. The van der Waals surface area contributed by atoms with Gasteiger partial charge < -0.3 is 19.4 Å². The molecule has 3 aliphatic rings. The van der Waals surface area contributed by atoms with Crippen molar-refractivity contribution in [2.75, 3.05) is 50.9 Å². The van der Waals surface area contributed by atoms with E-state index < -0.39 is 0 Å². The van der Waals surface area contributed by atoms with Gasteiger partial charge in [0.2, 0.25) is 0 Å². The molecule has 2 saturated heterocycles. The number of nitrogens with zero attached hydrogens (tertiary/aromatic N) is 2. The number of piperidine rings is 1. The minimum Gasteiger partial charge on any atom is -0.494 e. The van der Waals surface area contributed by atoms with Crippen molar-refractivity contribution in [2.24, 2.45) is 0 Å². The molecule has 3 heterocycles. The molecule has 196 valence electrons. The number of aryl methyl sites for hydroxylation is 1. The fraction of sp³-hybridized carbons (Fsp3) is 0.516. The molecule has 0 spiro atoms. The van der Waals surface area contributed by atoms with Crippen molar-refractivity contribution in [3.8, 4) is 5.75 Å². The first-order valence-electron chi connectivity index (χ1n) is 14.0. The van der Waals surface area contributed by atoms with E-state index in [1.165, 1.54) is 24.1 Å². The summed E-state index contributed by atoms with van der Waals surface area (Å²) in [7, 11) is 0. The first-order valence-corrected chi connectivity index (χ1v) is 14.0. The number of H-pyrrole nitrogens is 1. The van der Waals surface area contributed by atoms with Crippen molar-refractivity contribution in [1.29, 1.82) is 0 Å². The van der Waals surface area contributed by atoms with E-state index in [0.717, 1.165) is 84.9 Å². The number of aromatic nitrogens is 1. The zero-order valence-electron chi connectivity index (χ0n) is 22.7. The average Bonchev–Trinajstić information content (AvgIpc) is 3.32. The van der Waals surface area contributed by atoms with Gasteiger partial charge in [-0.15, -0.1) is 0 Å². The summed E-state index contributed by atoms with van der Waals surface area (Å²) in [5.74, 6) is 0.958. The number of anilines is 1. The standard InChI is InChI=1S/C31H39N3O3/c1-5-20-17-24-25(19-27(20)34-11-9-21(10-12-34)33-13-15-36-16-14-33)31(3,4)30-28(29(24)35)23-8-7-22(37-6-2)18-26(23)32-30/h7-8,17-19,21,32H,5-6,9-16H2,1-4H3. The van der Waals surface area contributed by atoms with Gasteiger partial charge in [0.15, 0.2) is 5.78 Å². The van der Waals surface area contributed by atoms with Crippen LogP contribution in [0.15, 0.2) is 30.3 Å². The summed E-state index contributed by atoms with van der Waals surface area (Å²) in [6.45, 7) is 15.2. The molecule has 2 fully saturated rings. The third-order valence-corrected chi connectivity index (χ3v) is 8.82. The van der Waals surface area contributed by atoms with Crippen LogP contribution in [0.3, 0.4) is 0 Å². The van der Waals surface area contributed by atoms with Crippen LogP contribution in [0.5, 0.6) is 5.75 Å². The van der Waals surface area contributed by atoms with Crippen LogP contribution in [0.2, 0.25) is 0 Å². The summed E-state index contributed by atoms with van der Waals surface area (Å²) in [5.41, 5.74) is 7.05. The number of hydrogen-bond acceptors (Lipinski definition) is 5. The monoisotopic (exact) mass is 501 g/mol. The van der Waals surface area contributed by atoms with E-state index in [0.29, 0.717) is 12.6 Å². The van der Waals surface area contributed by atoms with E-state index in [1.807, 2.05) is 25.1 Å². The van der Waals surface area contributed by atoms with Gasteiger partial charge in [-0.25, -0.2) is 0 Å². The van der Waals surface area contributed by atoms with Crippen LogP contribution in [-0.2, 0) is 16.6 Å². The zero-order chi connectivity index (χ0) is 25.7. The Morgan fingerprint density at radius 3 is 2.51 bits per heavy atom. The lowest BCUT2D eigenvalue weighted by Crippen LogP contribution is -2.49. The Balaban J connectivity index is 1.35. The third-order valence-electron chi connectivity index (χ3n) is 8.82. The van der Waals surface area contributed by atoms with Crippen LogP contribution in [0.1, 0.15) is 73.3 Å². The molecule has 2 aliphatic heterocycles. The summed E-state index contributed by atoms with van der Waals surface area (Å²) < 4.78 is 11.3. The Hall–Kier alpha value is -2.83. The van der Waals surface area contributed by atoms with Crippen molar-refractivity contribution in [1.82, 2.24) is 9.88 Å². The highest BCUT2D eigenvalue weighted by molar-refractivity contribution is 6.20. The van der Waals surface area contributed by atoms with Crippen LogP contribution in [0.25, 0.3) is 10.9 Å². The van der Waals surface area contributed by atoms with E-state index in [4.69, 9.17) is 9.47 Å². The average molecular weight is 502 g/mol. The van der Waals surface area contributed by atoms with E-state index in [2.05, 4.69) is 47.7 Å². The minimum absolute atomic E-state index is 0.131. The van der Waals surface area contributed by atoms with Gasteiger partial charge in [-0.05, 0) is 61.6 Å². The second-order valence-corrected chi connectivity index (χ2v) is 11.2. The number of fused-ring (bicyclic) bond motifs is 4. The second-order valence-electron chi connectivity index (χ2n) is 11.2. The molecule has 0 radical (unpaired) electrons. The minimum atomic E-state index is -0.309. The Morgan fingerprint density at radius 1 is 1.05 bits per heavy atom. The van der Waals surface area contributed by atoms with Crippen LogP contribution < -0.4 is 9.64 Å². The molecule has 1 aliphatic carbocycles. The van der Waals surface area contributed by atoms with Crippen LogP contribution >= 0.6 is 0 Å². The summed E-state index contributed by atoms with van der Waals surface area (Å²) in [6.07, 6.45) is 3.27. The van der Waals surface area contributed by atoms with Crippen molar-refractivity contribution in [2.45, 2.75) is 58.4 Å². The first-order chi connectivity index (χ1) is 17.9. The van der Waals surface area contributed by atoms with Gasteiger partial charge in [-0.1, -0.05) is 20.8 Å². The second kappa shape index (κ2) is 9.48. The predicted molar refractivity (Wildman–Crippen MR) is 148 cm³/mol. The molecule has 0 bridgehead atoms. The van der Waals surface area contributed by atoms with Crippen molar-refractivity contribution in [3.05, 3.63) is 58.3 Å². The van der Waals surface area contributed by atoms with Crippen LogP contribution in [0, 0.1) is 0 Å². The molecule has 1 aromatic heterocycles. The van der Waals surface area contributed by atoms with Gasteiger partial charge in [-0.3, -0.25) is 9.69 Å². The lowest BCUT2D eigenvalue weighted by atomic mass is 9.70. The Kier molecular flexibility index (Phi) is 6.28. The van der Waals surface area contributed by atoms with Gasteiger partial charge in [-0.2, -0.15) is 0 Å². The fourth-order valence-corrected chi connectivity index (χ4v) is 6.74. The summed E-state index contributed by atoms with van der Waals surface area (Å²) in [6, 6.07) is 11.2. The molecule has 3 aromatic rings. The van der Waals surface area contributed by atoms with Crippen molar-refractivity contribution >= 4 is 22.4 Å². The molecule has 2 aromatic carbocycles. The van der Waals surface area contributed by atoms with Crippen LogP contribution in [0.4, 0.5) is 5.69 Å². The lowest BCUT2D eigenvalue weighted by Gasteiger charge is -2.42. The topological polar surface area (TPSA) is 57.8 Å². The lowest BCUT2D eigenvalue weighted by molar-refractivity contribution is 0.0115. The largest absolute Gasteiger partial charge is 0.494 e. The van der Waals surface area contributed by atoms with Gasteiger partial charge in [0.05, 0.1) is 30.9 Å². The normalized spacial score (nSPS) is 20.2. The molecular weight excluding hydrogens is 462 g/mol. The van der Waals surface area contributed by atoms with E-state index in [-0.39, 0.29) is 11.2 Å². The number of carbonyl (C=O) groups is 1. The van der Waals surface area contributed by atoms with Gasteiger partial charge >= 0.3 is 0 Å². The molecule has 0 unspecified atom stereocenters. The number of hydrogen-bond donors (Lipinski definition) is 1. The summed E-state index contributed by atoms with van der Waals surface area (Å²) >= 11 is 0. The molecule has 6 rings (SSSR count). The molecule has 37 heavy (non-hydrogen) atoms. The smallest absolute Gasteiger partial charge is 0.195 e. The summed E-state index contributed by atoms with van der Waals surface area (Å²) in [4.78, 5) is 22.8. The number of carbonyl (C=O) groups excluding carboxylic acids is 1. The SMILES string of the molecule is CCOc1ccc2c3c([nH]c2c1)C(C)(C)c1cc(N2CCC(N4CCOCC4)CC2)c(CC)cc1C3=O. The highest BCUT2D eigenvalue weighted by Gasteiger charge is 2.40.